The zero-order valence-electron chi connectivity index (χ0n) is 15.8. The van der Waals surface area contributed by atoms with Gasteiger partial charge in [-0.1, -0.05) is 0 Å². The molecule has 1 N–H and O–H groups in total. The van der Waals surface area contributed by atoms with E-state index in [9.17, 15) is 0 Å². The van der Waals surface area contributed by atoms with Crippen molar-refractivity contribution in [3.8, 4) is 28.5 Å². The van der Waals surface area contributed by atoms with Crippen LogP contribution < -0.4 is 19.5 Å². The standard InChI is InChI=1S/C21H20N4O3/c1-26-16-7-5-15(6-8-16)23-21-24-17(13-20-22-10-11-25(20)21)14-4-9-18(27-2)19(12-14)28-3/h4-13H,1-3H3,(H,23,24). The van der Waals surface area contributed by atoms with Gasteiger partial charge in [-0.05, 0) is 42.5 Å². The van der Waals surface area contributed by atoms with Gasteiger partial charge in [-0.3, -0.25) is 4.40 Å². The molecule has 0 unspecified atom stereocenters. The van der Waals surface area contributed by atoms with Crippen LogP contribution in [0.5, 0.6) is 17.2 Å². The summed E-state index contributed by atoms with van der Waals surface area (Å²) in [6.07, 6.45) is 3.61. The summed E-state index contributed by atoms with van der Waals surface area (Å²) in [5.74, 6) is 2.77. The van der Waals surface area contributed by atoms with Crippen molar-refractivity contribution >= 4 is 17.3 Å². The van der Waals surface area contributed by atoms with Gasteiger partial charge in [0.15, 0.2) is 11.5 Å². The quantitative estimate of drug-likeness (QED) is 0.545. The van der Waals surface area contributed by atoms with Crippen molar-refractivity contribution in [3.05, 3.63) is 60.9 Å². The Balaban J connectivity index is 1.76. The summed E-state index contributed by atoms with van der Waals surface area (Å²) in [6.45, 7) is 0. The SMILES string of the molecule is COc1ccc(Nc2nc(-c3ccc(OC)c(OC)c3)cc3nccn23)cc1. The van der Waals surface area contributed by atoms with Crippen molar-refractivity contribution in [2.24, 2.45) is 0 Å². The van der Waals surface area contributed by atoms with Crippen molar-refractivity contribution in [2.45, 2.75) is 0 Å². The zero-order chi connectivity index (χ0) is 19.5. The van der Waals surface area contributed by atoms with Gasteiger partial charge in [0, 0.05) is 29.7 Å². The van der Waals surface area contributed by atoms with Crippen LogP contribution in [0.2, 0.25) is 0 Å². The predicted molar refractivity (Wildman–Crippen MR) is 108 cm³/mol. The summed E-state index contributed by atoms with van der Waals surface area (Å²) >= 11 is 0. The molecule has 0 atom stereocenters. The van der Waals surface area contributed by atoms with Crippen LogP contribution >= 0.6 is 0 Å². The van der Waals surface area contributed by atoms with Gasteiger partial charge >= 0.3 is 0 Å². The van der Waals surface area contributed by atoms with Crippen LogP contribution in [-0.4, -0.2) is 35.7 Å². The first-order valence-electron chi connectivity index (χ1n) is 8.69. The van der Waals surface area contributed by atoms with Crippen molar-refractivity contribution in [1.82, 2.24) is 14.4 Å². The Morgan fingerprint density at radius 2 is 1.64 bits per heavy atom. The second-order valence-corrected chi connectivity index (χ2v) is 6.04. The van der Waals surface area contributed by atoms with E-state index >= 15 is 0 Å². The Morgan fingerprint density at radius 1 is 0.857 bits per heavy atom. The van der Waals surface area contributed by atoms with Gasteiger partial charge < -0.3 is 19.5 Å². The highest BCUT2D eigenvalue weighted by Crippen LogP contribution is 2.32. The van der Waals surface area contributed by atoms with Crippen molar-refractivity contribution in [1.29, 1.82) is 0 Å². The van der Waals surface area contributed by atoms with E-state index in [1.807, 2.05) is 59.1 Å². The topological polar surface area (TPSA) is 69.9 Å². The molecule has 7 heteroatoms. The maximum absolute atomic E-state index is 5.42. The normalized spacial score (nSPS) is 10.7. The molecule has 142 valence electrons. The van der Waals surface area contributed by atoms with Crippen LogP contribution in [0.3, 0.4) is 0 Å². The fourth-order valence-electron chi connectivity index (χ4n) is 2.96. The molecule has 28 heavy (non-hydrogen) atoms. The van der Waals surface area contributed by atoms with E-state index < -0.39 is 0 Å². The van der Waals surface area contributed by atoms with E-state index in [2.05, 4.69) is 10.3 Å². The predicted octanol–water partition coefficient (Wildman–Crippen LogP) is 4.17. The number of nitrogens with zero attached hydrogens (tertiary/aromatic N) is 3. The number of ether oxygens (including phenoxy) is 3. The van der Waals surface area contributed by atoms with Gasteiger partial charge in [-0.2, -0.15) is 0 Å². The van der Waals surface area contributed by atoms with Crippen LogP contribution in [0.15, 0.2) is 60.9 Å². The molecule has 0 bridgehead atoms. The lowest BCUT2D eigenvalue weighted by molar-refractivity contribution is 0.355. The zero-order valence-corrected chi connectivity index (χ0v) is 15.8. The average Bonchev–Trinajstić information content (AvgIpc) is 3.23. The second kappa shape index (κ2) is 7.48. The number of rotatable bonds is 6. The first-order valence-corrected chi connectivity index (χ1v) is 8.69. The third-order valence-corrected chi connectivity index (χ3v) is 4.42. The summed E-state index contributed by atoms with van der Waals surface area (Å²) in [7, 11) is 4.87. The molecule has 0 saturated heterocycles. The summed E-state index contributed by atoms with van der Waals surface area (Å²) in [5, 5.41) is 3.35. The van der Waals surface area contributed by atoms with Crippen LogP contribution in [-0.2, 0) is 0 Å². The molecule has 0 aliphatic carbocycles. The molecule has 2 heterocycles. The highest BCUT2D eigenvalue weighted by molar-refractivity contribution is 5.70. The van der Waals surface area contributed by atoms with E-state index in [0.717, 1.165) is 28.3 Å². The van der Waals surface area contributed by atoms with E-state index in [0.29, 0.717) is 17.4 Å². The molecule has 2 aromatic heterocycles. The van der Waals surface area contributed by atoms with Crippen molar-refractivity contribution < 1.29 is 14.2 Å². The van der Waals surface area contributed by atoms with Crippen molar-refractivity contribution in [3.63, 3.8) is 0 Å². The van der Waals surface area contributed by atoms with E-state index in [-0.39, 0.29) is 0 Å². The Kier molecular flexibility index (Phi) is 4.72. The van der Waals surface area contributed by atoms with Gasteiger partial charge in [0.25, 0.3) is 0 Å². The average molecular weight is 376 g/mol. The molecule has 0 radical (unpaired) electrons. The molecule has 0 spiro atoms. The van der Waals surface area contributed by atoms with Crippen LogP contribution in [0.25, 0.3) is 16.9 Å². The minimum atomic E-state index is 0.648. The van der Waals surface area contributed by atoms with Crippen LogP contribution in [0.4, 0.5) is 11.6 Å². The summed E-state index contributed by atoms with van der Waals surface area (Å²) < 4.78 is 17.9. The lowest BCUT2D eigenvalue weighted by Crippen LogP contribution is -2.02. The molecule has 4 aromatic rings. The Labute approximate surface area is 162 Å². The fraction of sp³-hybridized carbons (Fsp3) is 0.143. The molecule has 7 nitrogen and oxygen atoms in total. The summed E-state index contributed by atoms with van der Waals surface area (Å²) in [5.41, 5.74) is 3.36. The summed E-state index contributed by atoms with van der Waals surface area (Å²) in [6, 6.07) is 15.3. The molecule has 4 rings (SSSR count). The molecule has 0 saturated carbocycles. The molecule has 2 aromatic carbocycles. The highest BCUT2D eigenvalue weighted by atomic mass is 16.5. The van der Waals surface area contributed by atoms with E-state index in [1.54, 1.807) is 27.5 Å². The highest BCUT2D eigenvalue weighted by Gasteiger charge is 2.12. The monoisotopic (exact) mass is 376 g/mol. The molecular formula is C21H20N4O3. The Hall–Kier alpha value is -3.74. The largest absolute Gasteiger partial charge is 0.497 e. The van der Waals surface area contributed by atoms with Crippen molar-refractivity contribution in [2.75, 3.05) is 26.6 Å². The first kappa shape index (κ1) is 17.7. The second-order valence-electron chi connectivity index (χ2n) is 6.04. The Morgan fingerprint density at radius 3 is 2.36 bits per heavy atom. The molecule has 0 aliphatic rings. The minimum Gasteiger partial charge on any atom is -0.497 e. The molecule has 0 aliphatic heterocycles. The fourth-order valence-corrected chi connectivity index (χ4v) is 2.96. The van der Waals surface area contributed by atoms with E-state index in [1.165, 1.54) is 0 Å². The maximum Gasteiger partial charge on any atom is 0.213 e. The van der Waals surface area contributed by atoms with Crippen LogP contribution in [0, 0.1) is 0 Å². The maximum atomic E-state index is 5.42. The lowest BCUT2D eigenvalue weighted by Gasteiger charge is -2.12. The number of fused-ring (bicyclic) bond motifs is 1. The van der Waals surface area contributed by atoms with Gasteiger partial charge in [0.1, 0.15) is 11.4 Å². The van der Waals surface area contributed by atoms with Gasteiger partial charge in [-0.15, -0.1) is 0 Å². The number of aromatic nitrogens is 3. The first-order chi connectivity index (χ1) is 13.7. The number of hydrogen-bond donors (Lipinski definition) is 1. The van der Waals surface area contributed by atoms with Gasteiger partial charge in [-0.25, -0.2) is 9.97 Å². The number of nitrogens with one attached hydrogen (secondary N) is 1. The number of methoxy groups -OCH3 is 3. The third kappa shape index (κ3) is 3.29. The van der Waals surface area contributed by atoms with Crippen LogP contribution in [0.1, 0.15) is 0 Å². The number of hydrogen-bond acceptors (Lipinski definition) is 6. The number of imidazole rings is 1. The lowest BCUT2D eigenvalue weighted by atomic mass is 10.1. The smallest absolute Gasteiger partial charge is 0.213 e. The van der Waals surface area contributed by atoms with Gasteiger partial charge in [0.2, 0.25) is 5.95 Å². The molecular weight excluding hydrogens is 356 g/mol. The molecule has 0 amide bonds. The molecule has 0 fully saturated rings. The number of benzene rings is 2. The summed E-state index contributed by atoms with van der Waals surface area (Å²) in [4.78, 5) is 9.21. The van der Waals surface area contributed by atoms with E-state index in [4.69, 9.17) is 19.2 Å². The third-order valence-electron chi connectivity index (χ3n) is 4.42. The van der Waals surface area contributed by atoms with Gasteiger partial charge in [0.05, 0.1) is 27.0 Å². The Bertz CT molecular complexity index is 1110. The minimum absolute atomic E-state index is 0.648. The number of anilines is 2.